The van der Waals surface area contributed by atoms with Gasteiger partial charge in [-0.15, -0.1) is 0 Å². The van der Waals surface area contributed by atoms with Crippen molar-refractivity contribution in [3.05, 3.63) is 0 Å². The van der Waals surface area contributed by atoms with Crippen molar-refractivity contribution >= 4 is 21.8 Å². The molecule has 2 amide bonds. The molecule has 7 nitrogen and oxygen atoms in total. The van der Waals surface area contributed by atoms with E-state index in [1.54, 1.807) is 6.92 Å². The molecule has 0 aromatic rings. The maximum Gasteiger partial charge on any atom is 0.317 e. The average Bonchev–Trinajstić information content (AvgIpc) is 2.37. The number of nitrogens with zero attached hydrogens (tertiary/aromatic N) is 1. The van der Waals surface area contributed by atoms with Crippen LogP contribution in [0.5, 0.6) is 0 Å². The molecule has 18 heavy (non-hydrogen) atoms. The normalized spacial score (nSPS) is 20.8. The fourth-order valence-electron chi connectivity index (χ4n) is 1.76. The van der Waals surface area contributed by atoms with Crippen molar-refractivity contribution in [1.29, 1.82) is 0 Å². The van der Waals surface area contributed by atoms with E-state index in [9.17, 15) is 18.0 Å². The minimum Gasteiger partial charge on any atom is -0.481 e. The van der Waals surface area contributed by atoms with E-state index in [2.05, 4.69) is 5.32 Å². The Morgan fingerprint density at radius 1 is 1.33 bits per heavy atom. The van der Waals surface area contributed by atoms with Gasteiger partial charge in [-0.25, -0.2) is 13.2 Å². The quantitative estimate of drug-likeness (QED) is 0.736. The molecule has 0 aliphatic carbocycles. The van der Waals surface area contributed by atoms with Crippen LogP contribution in [-0.4, -0.2) is 61.1 Å². The zero-order valence-electron chi connectivity index (χ0n) is 10.3. The minimum absolute atomic E-state index is 0.0340. The number of amides is 2. The van der Waals surface area contributed by atoms with Crippen LogP contribution in [0.2, 0.25) is 0 Å². The molecule has 1 rings (SSSR count). The van der Waals surface area contributed by atoms with Gasteiger partial charge in [0, 0.05) is 19.1 Å². The van der Waals surface area contributed by atoms with Gasteiger partial charge >= 0.3 is 12.0 Å². The average molecular weight is 278 g/mol. The molecule has 1 heterocycles. The van der Waals surface area contributed by atoms with Gasteiger partial charge in [0.15, 0.2) is 9.84 Å². The van der Waals surface area contributed by atoms with Gasteiger partial charge in [-0.05, 0) is 13.3 Å². The standard InChI is InChI=1S/C10H18N2O5S/c1-8(7-9(13)14)11-10(15)12-3-2-5-18(16,17)6-4-12/h8H,2-7H2,1H3,(H,11,15)(H,13,14). The van der Waals surface area contributed by atoms with Crippen LogP contribution in [0.3, 0.4) is 0 Å². The molecule has 1 aliphatic rings. The van der Waals surface area contributed by atoms with Gasteiger partial charge in [-0.1, -0.05) is 0 Å². The zero-order valence-corrected chi connectivity index (χ0v) is 11.1. The van der Waals surface area contributed by atoms with E-state index < -0.39 is 27.9 Å². The van der Waals surface area contributed by atoms with E-state index in [-0.39, 0.29) is 24.5 Å². The van der Waals surface area contributed by atoms with Crippen molar-refractivity contribution in [1.82, 2.24) is 10.2 Å². The van der Waals surface area contributed by atoms with Crippen molar-refractivity contribution in [2.75, 3.05) is 24.6 Å². The maximum atomic E-state index is 11.8. The van der Waals surface area contributed by atoms with Crippen LogP contribution in [0.15, 0.2) is 0 Å². The number of urea groups is 1. The molecule has 1 aliphatic heterocycles. The summed E-state index contributed by atoms with van der Waals surface area (Å²) in [5, 5.41) is 11.1. The molecule has 104 valence electrons. The molecule has 0 aromatic heterocycles. The minimum atomic E-state index is -3.05. The van der Waals surface area contributed by atoms with Crippen molar-refractivity contribution in [3.63, 3.8) is 0 Å². The van der Waals surface area contributed by atoms with Gasteiger partial charge in [0.1, 0.15) is 0 Å². The summed E-state index contributed by atoms with van der Waals surface area (Å²) in [7, 11) is -3.05. The summed E-state index contributed by atoms with van der Waals surface area (Å²) in [6, 6.07) is -0.879. The van der Waals surface area contributed by atoms with Crippen LogP contribution < -0.4 is 5.32 Å². The predicted molar refractivity (Wildman–Crippen MR) is 65.1 cm³/mol. The molecule has 1 saturated heterocycles. The van der Waals surface area contributed by atoms with E-state index in [1.165, 1.54) is 4.90 Å². The van der Waals surface area contributed by atoms with Crippen LogP contribution in [0.1, 0.15) is 19.8 Å². The Bertz CT molecular complexity index is 420. The first kappa shape index (κ1) is 14.7. The van der Waals surface area contributed by atoms with E-state index >= 15 is 0 Å². The van der Waals surface area contributed by atoms with Crippen molar-refractivity contribution in [2.45, 2.75) is 25.8 Å². The molecule has 1 atom stereocenters. The lowest BCUT2D eigenvalue weighted by molar-refractivity contribution is -0.137. The van der Waals surface area contributed by atoms with Crippen LogP contribution in [0.25, 0.3) is 0 Å². The number of carbonyl (C=O) groups is 2. The molecule has 0 aromatic carbocycles. The van der Waals surface area contributed by atoms with Gasteiger partial charge < -0.3 is 15.3 Å². The Hall–Kier alpha value is -1.31. The first-order chi connectivity index (χ1) is 8.30. The molecule has 8 heteroatoms. The van der Waals surface area contributed by atoms with E-state index in [0.717, 1.165) is 0 Å². The lowest BCUT2D eigenvalue weighted by Crippen LogP contribution is -2.45. The number of hydrogen-bond acceptors (Lipinski definition) is 4. The van der Waals surface area contributed by atoms with Crippen molar-refractivity contribution in [3.8, 4) is 0 Å². The third-order valence-electron chi connectivity index (χ3n) is 2.69. The largest absolute Gasteiger partial charge is 0.481 e. The first-order valence-electron chi connectivity index (χ1n) is 5.78. The van der Waals surface area contributed by atoms with E-state index in [4.69, 9.17) is 5.11 Å². The molecule has 0 spiro atoms. The highest BCUT2D eigenvalue weighted by atomic mass is 32.2. The predicted octanol–water partition coefficient (Wildman–Crippen LogP) is -0.320. The summed E-state index contributed by atoms with van der Waals surface area (Å²) in [6.07, 6.45) is 0.265. The van der Waals surface area contributed by atoms with Crippen molar-refractivity contribution < 1.29 is 23.1 Å². The van der Waals surface area contributed by atoms with Gasteiger partial charge in [0.25, 0.3) is 0 Å². The number of hydrogen-bond donors (Lipinski definition) is 2. The second kappa shape index (κ2) is 6.03. The Kier molecular flexibility index (Phi) is 4.94. The number of sulfone groups is 1. The Balaban J connectivity index is 2.49. The highest BCUT2D eigenvalue weighted by molar-refractivity contribution is 7.91. The summed E-state index contributed by atoms with van der Waals surface area (Å²) >= 11 is 0. The lowest BCUT2D eigenvalue weighted by atomic mass is 10.2. The molecular formula is C10H18N2O5S. The highest BCUT2D eigenvalue weighted by Gasteiger charge is 2.23. The monoisotopic (exact) mass is 278 g/mol. The van der Waals surface area contributed by atoms with Gasteiger partial charge in [-0.2, -0.15) is 0 Å². The smallest absolute Gasteiger partial charge is 0.317 e. The SMILES string of the molecule is CC(CC(=O)O)NC(=O)N1CCCS(=O)(=O)CC1. The fourth-order valence-corrected chi connectivity index (χ4v) is 3.03. The molecule has 0 radical (unpaired) electrons. The summed E-state index contributed by atoms with van der Waals surface area (Å²) in [5.41, 5.74) is 0. The lowest BCUT2D eigenvalue weighted by Gasteiger charge is -2.22. The Labute approximate surface area is 106 Å². The second-order valence-electron chi connectivity index (χ2n) is 4.44. The topological polar surface area (TPSA) is 104 Å². The number of carboxylic acid groups (broad SMARTS) is 1. The van der Waals surface area contributed by atoms with Gasteiger partial charge in [-0.3, -0.25) is 4.79 Å². The molecule has 0 saturated carbocycles. The van der Waals surface area contributed by atoms with Crippen LogP contribution >= 0.6 is 0 Å². The Morgan fingerprint density at radius 2 is 2.00 bits per heavy atom. The molecule has 2 N–H and O–H groups in total. The first-order valence-corrected chi connectivity index (χ1v) is 7.60. The maximum absolute atomic E-state index is 11.8. The van der Waals surface area contributed by atoms with E-state index in [1.807, 2.05) is 0 Å². The third kappa shape index (κ3) is 4.91. The second-order valence-corrected chi connectivity index (χ2v) is 6.74. The third-order valence-corrected chi connectivity index (χ3v) is 4.41. The number of carbonyl (C=O) groups excluding carboxylic acids is 1. The van der Waals surface area contributed by atoms with Crippen LogP contribution in [0, 0.1) is 0 Å². The van der Waals surface area contributed by atoms with E-state index in [0.29, 0.717) is 13.0 Å². The number of aliphatic carboxylic acids is 1. The van der Waals surface area contributed by atoms with Gasteiger partial charge in [0.2, 0.25) is 0 Å². The molecule has 0 bridgehead atoms. The van der Waals surface area contributed by atoms with Crippen molar-refractivity contribution in [2.24, 2.45) is 0 Å². The number of nitrogens with one attached hydrogen (secondary N) is 1. The van der Waals surface area contributed by atoms with Crippen LogP contribution in [0.4, 0.5) is 4.79 Å². The zero-order chi connectivity index (χ0) is 13.8. The summed E-state index contributed by atoms with van der Waals surface area (Å²) in [4.78, 5) is 23.7. The highest BCUT2D eigenvalue weighted by Crippen LogP contribution is 2.05. The number of carboxylic acids is 1. The van der Waals surface area contributed by atoms with Crippen LogP contribution in [-0.2, 0) is 14.6 Å². The Morgan fingerprint density at radius 3 is 2.61 bits per heavy atom. The molecular weight excluding hydrogens is 260 g/mol. The molecule has 1 unspecified atom stereocenters. The summed E-state index contributed by atoms with van der Waals surface area (Å²) < 4.78 is 22.7. The number of rotatable bonds is 3. The van der Waals surface area contributed by atoms with Gasteiger partial charge in [0.05, 0.1) is 17.9 Å². The fraction of sp³-hybridized carbons (Fsp3) is 0.800. The molecule has 1 fully saturated rings. The summed E-state index contributed by atoms with van der Waals surface area (Å²) in [6.45, 7) is 2.14. The summed E-state index contributed by atoms with van der Waals surface area (Å²) in [5.74, 6) is -0.920.